The molecule has 3 nitrogen and oxygen atoms in total. The predicted octanol–water partition coefficient (Wildman–Crippen LogP) is 8.15. The standard InChI is InChI=1S/C34H36F5NO2/c1-31-19-28(22-10-8-21(9-11-22)20-40(2)24-6-4-3-5-7-24)30-26-15-13-25(41)18-23(26)12-14-27(30)29(31)16-17-32(31,42)33(35,36)34(37,38)39/h3-11,18,27-29,42H,12-17,19-20H2,1-2H3/t27?,28-,29?,31+,32+/m1/s1. The normalized spacial score (nSPS) is 31.3. The largest absolute Gasteiger partial charge is 0.456 e. The van der Waals surface area contributed by atoms with Crippen molar-refractivity contribution in [2.24, 2.45) is 17.3 Å². The molecule has 42 heavy (non-hydrogen) atoms. The lowest BCUT2D eigenvalue weighted by atomic mass is 9.50. The van der Waals surface area contributed by atoms with Gasteiger partial charge >= 0.3 is 12.1 Å². The van der Waals surface area contributed by atoms with Crippen LogP contribution in [0.25, 0.3) is 0 Å². The van der Waals surface area contributed by atoms with Crippen LogP contribution in [0, 0.1) is 17.3 Å². The number of carbonyl (C=O) groups is 1. The quantitative estimate of drug-likeness (QED) is 0.360. The highest BCUT2D eigenvalue weighted by Crippen LogP contribution is 2.70. The number of rotatable bonds is 5. The molecule has 8 heteroatoms. The van der Waals surface area contributed by atoms with Gasteiger partial charge in [0.1, 0.15) is 5.60 Å². The number of para-hydroxylation sites is 1. The summed E-state index contributed by atoms with van der Waals surface area (Å²) in [6, 6.07) is 17.8. The minimum atomic E-state index is -5.85. The number of allylic oxidation sites excluding steroid dienone is 4. The zero-order valence-corrected chi connectivity index (χ0v) is 23.9. The molecule has 0 saturated heterocycles. The van der Waals surface area contributed by atoms with Gasteiger partial charge in [-0.25, -0.2) is 0 Å². The van der Waals surface area contributed by atoms with Crippen LogP contribution in [0.1, 0.15) is 68.9 Å². The fourth-order valence-electron chi connectivity index (χ4n) is 8.62. The van der Waals surface area contributed by atoms with Gasteiger partial charge in [0.15, 0.2) is 5.78 Å². The fraction of sp³-hybridized carbons (Fsp3) is 0.500. The first kappa shape index (κ1) is 29.1. The van der Waals surface area contributed by atoms with Crippen LogP contribution in [0.3, 0.4) is 0 Å². The molecule has 0 bridgehead atoms. The monoisotopic (exact) mass is 585 g/mol. The second-order valence-electron chi connectivity index (χ2n) is 12.9. The van der Waals surface area contributed by atoms with Gasteiger partial charge in [-0.3, -0.25) is 4.79 Å². The van der Waals surface area contributed by atoms with Crippen LogP contribution >= 0.6 is 0 Å². The number of hydrogen-bond acceptors (Lipinski definition) is 3. The zero-order chi connectivity index (χ0) is 30.1. The van der Waals surface area contributed by atoms with Crippen LogP contribution in [0.4, 0.5) is 27.6 Å². The van der Waals surface area contributed by atoms with E-state index in [0.717, 1.165) is 33.5 Å². The highest BCUT2D eigenvalue weighted by atomic mass is 19.4. The van der Waals surface area contributed by atoms with E-state index in [-0.39, 0.29) is 24.5 Å². The average molecular weight is 586 g/mol. The molecule has 0 spiro atoms. The van der Waals surface area contributed by atoms with Crippen molar-refractivity contribution >= 4 is 11.5 Å². The molecule has 4 aliphatic carbocycles. The zero-order valence-electron chi connectivity index (χ0n) is 23.9. The first-order valence-corrected chi connectivity index (χ1v) is 14.8. The molecule has 0 heterocycles. The van der Waals surface area contributed by atoms with Crippen molar-refractivity contribution in [3.8, 4) is 0 Å². The van der Waals surface area contributed by atoms with Crippen LogP contribution in [-0.4, -0.2) is 35.6 Å². The number of hydrogen-bond donors (Lipinski definition) is 1. The molecule has 2 saturated carbocycles. The lowest BCUT2D eigenvalue weighted by Crippen LogP contribution is -2.65. The van der Waals surface area contributed by atoms with Crippen molar-refractivity contribution in [1.82, 2.24) is 0 Å². The third kappa shape index (κ3) is 4.35. The SMILES string of the molecule is CN(Cc1ccc([C@H]2C[C@@]3(C)C(CC[C@@]3(O)C(F)(F)C(F)(F)F)C3CCC4=CC(=O)CCC4=C32)cc1)c1ccccc1. The molecule has 0 aliphatic heterocycles. The summed E-state index contributed by atoms with van der Waals surface area (Å²) < 4.78 is 71.7. The Bertz CT molecular complexity index is 1430. The van der Waals surface area contributed by atoms with Crippen LogP contribution in [-0.2, 0) is 11.3 Å². The van der Waals surface area contributed by atoms with Crippen molar-refractivity contribution in [3.05, 3.63) is 88.5 Å². The van der Waals surface area contributed by atoms with Crippen molar-refractivity contribution in [1.29, 1.82) is 0 Å². The molecule has 0 radical (unpaired) electrons. The lowest BCUT2D eigenvalue weighted by Gasteiger charge is -2.56. The Balaban J connectivity index is 1.41. The van der Waals surface area contributed by atoms with Crippen LogP contribution in [0.2, 0.25) is 0 Å². The summed E-state index contributed by atoms with van der Waals surface area (Å²) in [5, 5.41) is 11.4. The van der Waals surface area contributed by atoms with E-state index in [1.54, 1.807) is 6.08 Å². The lowest BCUT2D eigenvalue weighted by molar-refractivity contribution is -0.362. The Kier molecular flexibility index (Phi) is 6.95. The van der Waals surface area contributed by atoms with E-state index in [1.807, 2.05) is 61.6 Å². The Morgan fingerprint density at radius 2 is 1.64 bits per heavy atom. The average Bonchev–Trinajstić information content (AvgIpc) is 3.24. The molecule has 1 N–H and O–H groups in total. The van der Waals surface area contributed by atoms with E-state index < -0.39 is 41.4 Å². The van der Waals surface area contributed by atoms with Crippen molar-refractivity contribution < 1.29 is 31.9 Å². The van der Waals surface area contributed by atoms with Gasteiger partial charge in [-0.2, -0.15) is 22.0 Å². The second kappa shape index (κ2) is 10.0. The number of nitrogens with zero attached hydrogens (tertiary/aromatic N) is 1. The summed E-state index contributed by atoms with van der Waals surface area (Å²) in [6.45, 7) is 2.09. The van der Waals surface area contributed by atoms with Crippen LogP contribution < -0.4 is 4.90 Å². The van der Waals surface area contributed by atoms with E-state index in [1.165, 1.54) is 6.92 Å². The van der Waals surface area contributed by atoms with E-state index in [9.17, 15) is 23.1 Å². The van der Waals surface area contributed by atoms with Gasteiger partial charge in [0.05, 0.1) is 0 Å². The molecule has 5 atom stereocenters. The molecule has 0 amide bonds. The number of fused-ring (bicyclic) bond motifs is 4. The number of carbonyl (C=O) groups excluding carboxylic acids is 1. The molecular weight excluding hydrogens is 549 g/mol. The van der Waals surface area contributed by atoms with Gasteiger partial charge < -0.3 is 10.0 Å². The van der Waals surface area contributed by atoms with Gasteiger partial charge in [-0.05, 0) is 90.8 Å². The molecular formula is C34H36F5NO2. The van der Waals surface area contributed by atoms with Gasteiger partial charge in [-0.1, -0.05) is 55.0 Å². The summed E-state index contributed by atoms with van der Waals surface area (Å²) in [5.74, 6) is -6.33. The number of alkyl halides is 5. The minimum absolute atomic E-state index is 0.0142. The van der Waals surface area contributed by atoms with E-state index in [2.05, 4.69) is 4.90 Å². The molecule has 2 aromatic carbocycles. The van der Waals surface area contributed by atoms with Crippen molar-refractivity contribution in [3.63, 3.8) is 0 Å². The second-order valence-corrected chi connectivity index (χ2v) is 12.9. The molecule has 2 unspecified atom stereocenters. The number of halogens is 5. The molecule has 2 fully saturated rings. The van der Waals surface area contributed by atoms with Gasteiger partial charge in [0.25, 0.3) is 0 Å². The number of benzene rings is 2. The molecule has 224 valence electrons. The molecule has 0 aromatic heterocycles. The minimum Gasteiger partial charge on any atom is -0.383 e. The highest BCUT2D eigenvalue weighted by Gasteiger charge is 2.79. The van der Waals surface area contributed by atoms with Crippen molar-refractivity contribution in [2.75, 3.05) is 11.9 Å². The van der Waals surface area contributed by atoms with Crippen LogP contribution in [0.5, 0.6) is 0 Å². The summed E-state index contributed by atoms with van der Waals surface area (Å²) in [5.41, 5.74) is 1.21. The van der Waals surface area contributed by atoms with Crippen molar-refractivity contribution in [2.45, 2.75) is 82.0 Å². The fourth-order valence-corrected chi connectivity index (χ4v) is 8.62. The maximum absolute atomic E-state index is 15.2. The number of ketones is 1. The summed E-state index contributed by atoms with van der Waals surface area (Å²) in [7, 11) is 1.99. The van der Waals surface area contributed by atoms with Gasteiger partial charge in [0.2, 0.25) is 0 Å². The Morgan fingerprint density at radius 1 is 0.952 bits per heavy atom. The Hall–Kier alpha value is -3.00. The number of aliphatic hydroxyl groups is 1. The third-order valence-corrected chi connectivity index (χ3v) is 10.8. The summed E-state index contributed by atoms with van der Waals surface area (Å²) in [6.07, 6.45) is -2.59. The first-order chi connectivity index (χ1) is 19.8. The third-order valence-electron chi connectivity index (χ3n) is 10.8. The molecule has 2 aromatic rings. The maximum atomic E-state index is 15.2. The maximum Gasteiger partial charge on any atom is 0.456 e. The van der Waals surface area contributed by atoms with Gasteiger partial charge in [0, 0.05) is 37.0 Å². The van der Waals surface area contributed by atoms with E-state index >= 15 is 8.78 Å². The first-order valence-electron chi connectivity index (χ1n) is 14.8. The van der Waals surface area contributed by atoms with Crippen LogP contribution in [0.15, 0.2) is 77.4 Å². The predicted molar refractivity (Wildman–Crippen MR) is 151 cm³/mol. The summed E-state index contributed by atoms with van der Waals surface area (Å²) in [4.78, 5) is 14.4. The Morgan fingerprint density at radius 3 is 2.31 bits per heavy atom. The molecule has 4 aliphatic rings. The van der Waals surface area contributed by atoms with E-state index in [0.29, 0.717) is 32.2 Å². The van der Waals surface area contributed by atoms with Gasteiger partial charge in [-0.15, -0.1) is 0 Å². The smallest absolute Gasteiger partial charge is 0.383 e. The topological polar surface area (TPSA) is 40.5 Å². The molecule has 6 rings (SSSR count). The highest BCUT2D eigenvalue weighted by molar-refractivity contribution is 5.93. The summed E-state index contributed by atoms with van der Waals surface area (Å²) >= 11 is 0. The number of anilines is 1. The van der Waals surface area contributed by atoms with E-state index in [4.69, 9.17) is 0 Å². The Labute approximate surface area is 243 Å².